The lowest BCUT2D eigenvalue weighted by atomic mass is 10.2. The van der Waals surface area contributed by atoms with Gasteiger partial charge in [0.2, 0.25) is 0 Å². The third kappa shape index (κ3) is 8.26. The van der Waals surface area contributed by atoms with Gasteiger partial charge in [-0.15, -0.1) is 0 Å². The van der Waals surface area contributed by atoms with Gasteiger partial charge in [0.15, 0.2) is 0 Å². The molecule has 0 unspecified atom stereocenters. The minimum atomic E-state index is -0.788. The van der Waals surface area contributed by atoms with Crippen LogP contribution in [0.5, 0.6) is 11.5 Å². The van der Waals surface area contributed by atoms with Crippen LogP contribution in [-0.2, 0) is 6.54 Å². The Morgan fingerprint density at radius 3 is 1.53 bits per heavy atom. The summed E-state index contributed by atoms with van der Waals surface area (Å²) in [4.78, 5) is 0.946. The fourth-order valence-corrected chi connectivity index (χ4v) is 3.34. The highest BCUT2D eigenvalue weighted by Gasteiger charge is 2.21. The number of rotatable bonds is 12. The van der Waals surface area contributed by atoms with Crippen molar-refractivity contribution in [2.45, 2.75) is 18.8 Å². The van der Waals surface area contributed by atoms with E-state index in [0.29, 0.717) is 31.1 Å². The molecule has 7 heteroatoms. The van der Waals surface area contributed by atoms with Crippen LogP contribution in [-0.4, -0.2) is 48.7 Å². The van der Waals surface area contributed by atoms with E-state index in [1.807, 2.05) is 30.3 Å². The SMILES string of the molecule is O[C@H](COc1ccc(F)cc1)C[NH+](Cc1ccccc1)C[C@H](O)COc1ccc(F)cc1. The van der Waals surface area contributed by atoms with Gasteiger partial charge in [-0.1, -0.05) is 30.3 Å². The van der Waals surface area contributed by atoms with Crippen LogP contribution in [0, 0.1) is 11.6 Å². The predicted octanol–water partition coefficient (Wildman–Crippen LogP) is 2.23. The van der Waals surface area contributed by atoms with Crippen LogP contribution >= 0.6 is 0 Å². The molecule has 0 aliphatic carbocycles. The van der Waals surface area contributed by atoms with Crippen LogP contribution in [0.4, 0.5) is 8.78 Å². The van der Waals surface area contributed by atoms with Gasteiger partial charge in [0.25, 0.3) is 0 Å². The summed E-state index contributed by atoms with van der Waals surface area (Å²) < 4.78 is 37.1. The Kier molecular flexibility index (Phi) is 8.98. The highest BCUT2D eigenvalue weighted by atomic mass is 19.1. The van der Waals surface area contributed by atoms with Crippen molar-refractivity contribution >= 4 is 0 Å². The van der Waals surface area contributed by atoms with Crippen LogP contribution in [0.25, 0.3) is 0 Å². The first kappa shape index (κ1) is 23.7. The topological polar surface area (TPSA) is 63.4 Å². The van der Waals surface area contributed by atoms with Gasteiger partial charge >= 0.3 is 0 Å². The molecule has 0 heterocycles. The van der Waals surface area contributed by atoms with E-state index in [0.717, 1.165) is 10.5 Å². The molecule has 3 aromatic carbocycles. The lowest BCUT2D eigenvalue weighted by Crippen LogP contribution is -3.13. The Morgan fingerprint density at radius 1 is 0.656 bits per heavy atom. The Morgan fingerprint density at radius 2 is 1.09 bits per heavy atom. The number of hydrogen-bond acceptors (Lipinski definition) is 4. The van der Waals surface area contributed by atoms with Gasteiger partial charge < -0.3 is 24.6 Å². The fraction of sp³-hybridized carbons (Fsp3) is 0.280. The molecule has 0 saturated carbocycles. The minimum absolute atomic E-state index is 0.0477. The number of halogens is 2. The number of nitrogens with one attached hydrogen (secondary N) is 1. The van der Waals surface area contributed by atoms with Gasteiger partial charge in [-0.05, 0) is 48.5 Å². The van der Waals surface area contributed by atoms with E-state index >= 15 is 0 Å². The predicted molar refractivity (Wildman–Crippen MR) is 117 cm³/mol. The van der Waals surface area contributed by atoms with E-state index in [9.17, 15) is 19.0 Å². The lowest BCUT2D eigenvalue weighted by molar-refractivity contribution is -0.920. The van der Waals surface area contributed by atoms with E-state index < -0.39 is 12.2 Å². The number of benzene rings is 3. The Bertz CT molecular complexity index is 865. The molecule has 2 atom stereocenters. The first-order chi connectivity index (χ1) is 15.5. The molecule has 5 nitrogen and oxygen atoms in total. The summed E-state index contributed by atoms with van der Waals surface area (Å²) >= 11 is 0. The van der Waals surface area contributed by atoms with Gasteiger partial charge in [-0.25, -0.2) is 8.78 Å². The van der Waals surface area contributed by atoms with Crippen molar-refractivity contribution in [3.63, 3.8) is 0 Å². The first-order valence-corrected chi connectivity index (χ1v) is 10.5. The largest absolute Gasteiger partial charge is 0.491 e. The van der Waals surface area contributed by atoms with Crippen molar-refractivity contribution in [2.24, 2.45) is 0 Å². The molecule has 0 aliphatic heterocycles. The summed E-state index contributed by atoms with van der Waals surface area (Å²) in [5, 5.41) is 21.0. The highest BCUT2D eigenvalue weighted by Crippen LogP contribution is 2.12. The Hall–Kier alpha value is -3.00. The van der Waals surface area contributed by atoms with Gasteiger partial charge in [-0.2, -0.15) is 0 Å². The Balaban J connectivity index is 1.54. The monoisotopic (exact) mass is 444 g/mol. The molecule has 3 aromatic rings. The molecular weight excluding hydrogens is 416 g/mol. The third-order valence-corrected chi connectivity index (χ3v) is 4.86. The minimum Gasteiger partial charge on any atom is -0.491 e. The van der Waals surface area contributed by atoms with Gasteiger partial charge in [0.1, 0.15) is 68.2 Å². The molecule has 0 saturated heterocycles. The number of ether oxygens (including phenoxy) is 2. The molecule has 3 rings (SSSR count). The molecule has 0 amide bonds. The van der Waals surface area contributed by atoms with Crippen molar-refractivity contribution in [3.8, 4) is 11.5 Å². The fourth-order valence-electron chi connectivity index (χ4n) is 3.34. The van der Waals surface area contributed by atoms with Crippen LogP contribution in [0.3, 0.4) is 0 Å². The molecule has 0 spiro atoms. The molecule has 0 fully saturated rings. The quantitative estimate of drug-likeness (QED) is 0.401. The van der Waals surface area contributed by atoms with E-state index in [4.69, 9.17) is 9.47 Å². The second kappa shape index (κ2) is 12.1. The smallest absolute Gasteiger partial charge is 0.137 e. The first-order valence-electron chi connectivity index (χ1n) is 10.5. The summed E-state index contributed by atoms with van der Waals surface area (Å²) in [5.41, 5.74) is 1.07. The number of aliphatic hydroxyl groups is 2. The molecule has 170 valence electrons. The molecule has 0 radical (unpaired) electrons. The number of hydrogen-bond donors (Lipinski definition) is 3. The third-order valence-electron chi connectivity index (χ3n) is 4.86. The van der Waals surface area contributed by atoms with E-state index in [1.54, 1.807) is 0 Å². The van der Waals surface area contributed by atoms with Crippen LogP contribution in [0.15, 0.2) is 78.9 Å². The van der Waals surface area contributed by atoms with Crippen molar-refractivity contribution in [1.29, 1.82) is 0 Å². The van der Waals surface area contributed by atoms with Crippen molar-refractivity contribution in [3.05, 3.63) is 96.1 Å². The summed E-state index contributed by atoms with van der Waals surface area (Å²) in [6.45, 7) is 1.37. The molecule has 3 N–H and O–H groups in total. The molecule has 0 aliphatic rings. The lowest BCUT2D eigenvalue weighted by Gasteiger charge is -2.25. The Labute approximate surface area is 186 Å². The second-order valence-electron chi connectivity index (χ2n) is 7.66. The molecule has 32 heavy (non-hydrogen) atoms. The van der Waals surface area contributed by atoms with Gasteiger partial charge in [-0.3, -0.25) is 0 Å². The molecular formula is C25H28F2NO4+. The zero-order chi connectivity index (χ0) is 22.8. The van der Waals surface area contributed by atoms with Gasteiger partial charge in [0.05, 0.1) is 0 Å². The zero-order valence-corrected chi connectivity index (χ0v) is 17.7. The number of quaternary nitrogens is 1. The maximum absolute atomic E-state index is 13.0. The summed E-state index contributed by atoms with van der Waals surface area (Å²) in [5.74, 6) is 0.243. The van der Waals surface area contributed by atoms with Crippen LogP contribution in [0.2, 0.25) is 0 Å². The summed E-state index contributed by atoms with van der Waals surface area (Å²) in [7, 11) is 0. The van der Waals surface area contributed by atoms with E-state index in [2.05, 4.69) is 0 Å². The standard InChI is InChI=1S/C25H27F2NO4/c26-20-6-10-24(11-7-20)31-17-22(29)15-28(14-19-4-2-1-3-5-19)16-23(30)18-32-25-12-8-21(27)9-13-25/h1-13,22-23,29-30H,14-18H2/p+1/t22-,23-/m0/s1. The highest BCUT2D eigenvalue weighted by molar-refractivity contribution is 5.22. The van der Waals surface area contributed by atoms with Crippen molar-refractivity contribution in [1.82, 2.24) is 0 Å². The van der Waals surface area contributed by atoms with Crippen molar-refractivity contribution in [2.75, 3.05) is 26.3 Å². The van der Waals surface area contributed by atoms with Gasteiger partial charge in [0, 0.05) is 5.56 Å². The van der Waals surface area contributed by atoms with Crippen molar-refractivity contribution < 1.29 is 33.4 Å². The maximum Gasteiger partial charge on any atom is 0.137 e. The average Bonchev–Trinajstić information content (AvgIpc) is 2.79. The normalized spacial score (nSPS) is 13.0. The molecule has 0 aromatic heterocycles. The van der Waals surface area contributed by atoms with Crippen LogP contribution in [0.1, 0.15) is 5.56 Å². The maximum atomic E-state index is 13.0. The second-order valence-corrected chi connectivity index (χ2v) is 7.66. The molecule has 0 bridgehead atoms. The summed E-state index contributed by atoms with van der Waals surface area (Å²) in [6.07, 6.45) is -1.58. The number of aliphatic hydroxyl groups excluding tert-OH is 2. The average molecular weight is 444 g/mol. The summed E-state index contributed by atoms with van der Waals surface area (Å²) in [6, 6.07) is 21.0. The van der Waals surface area contributed by atoms with E-state index in [-0.39, 0.29) is 24.8 Å². The van der Waals surface area contributed by atoms with E-state index in [1.165, 1.54) is 48.5 Å². The van der Waals surface area contributed by atoms with Crippen LogP contribution < -0.4 is 14.4 Å². The zero-order valence-electron chi connectivity index (χ0n) is 17.7.